The van der Waals surface area contributed by atoms with Crippen molar-refractivity contribution in [2.75, 3.05) is 13.1 Å². The largest absolute Gasteiger partial charge is 0.387 e. The number of amides is 1. The molecule has 1 aliphatic rings. The van der Waals surface area contributed by atoms with E-state index in [2.05, 4.69) is 4.98 Å². The van der Waals surface area contributed by atoms with Crippen LogP contribution in [0.15, 0.2) is 36.0 Å². The third kappa shape index (κ3) is 2.64. The molecule has 1 amide bonds. The Hall–Kier alpha value is -1.59. The van der Waals surface area contributed by atoms with Crippen molar-refractivity contribution in [1.29, 1.82) is 0 Å². The Balaban J connectivity index is 1.58. The number of hydrogen-bond donors (Lipinski definition) is 2. The molecule has 0 radical (unpaired) electrons. The molecule has 4 nitrogen and oxygen atoms in total. The first-order valence-corrected chi connectivity index (χ1v) is 7.77. The number of piperidine rings is 1. The molecule has 1 fully saturated rings. The van der Waals surface area contributed by atoms with Crippen molar-refractivity contribution in [2.45, 2.75) is 18.9 Å². The molecule has 1 unspecified atom stereocenters. The van der Waals surface area contributed by atoms with Gasteiger partial charge in [0.05, 0.1) is 11.7 Å². The summed E-state index contributed by atoms with van der Waals surface area (Å²) < 4.78 is 0. The maximum atomic E-state index is 12.2. The van der Waals surface area contributed by atoms with Crippen LogP contribution in [0.4, 0.5) is 0 Å². The Morgan fingerprint density at radius 1 is 1.40 bits per heavy atom. The number of aliphatic hydroxyl groups is 1. The Morgan fingerprint density at radius 3 is 2.80 bits per heavy atom. The number of hydrogen-bond acceptors (Lipinski definition) is 3. The molecule has 1 atom stereocenters. The molecule has 3 rings (SSSR count). The highest BCUT2D eigenvalue weighted by atomic mass is 32.1. The van der Waals surface area contributed by atoms with Gasteiger partial charge in [-0.2, -0.15) is 0 Å². The quantitative estimate of drug-likeness (QED) is 0.913. The molecule has 2 N–H and O–H groups in total. The SMILES string of the molecule is O=C(c1cc[nH]c1)N1CCC(C(O)c2cccs2)CC1. The first-order chi connectivity index (χ1) is 9.75. The number of nitrogens with zero attached hydrogens (tertiary/aromatic N) is 1. The molecule has 1 aliphatic heterocycles. The van der Waals surface area contributed by atoms with Gasteiger partial charge in [0.15, 0.2) is 0 Å². The van der Waals surface area contributed by atoms with E-state index in [1.807, 2.05) is 22.4 Å². The fourth-order valence-corrected chi connectivity index (χ4v) is 3.55. The van der Waals surface area contributed by atoms with Crippen molar-refractivity contribution >= 4 is 17.2 Å². The zero-order valence-corrected chi connectivity index (χ0v) is 12.0. The average molecular weight is 290 g/mol. The molecule has 0 bridgehead atoms. The van der Waals surface area contributed by atoms with Crippen molar-refractivity contribution in [3.8, 4) is 0 Å². The van der Waals surface area contributed by atoms with E-state index >= 15 is 0 Å². The number of carbonyl (C=O) groups excluding carboxylic acids is 1. The zero-order valence-electron chi connectivity index (χ0n) is 11.2. The second kappa shape index (κ2) is 5.81. The molecule has 0 saturated carbocycles. The Morgan fingerprint density at radius 2 is 2.20 bits per heavy atom. The summed E-state index contributed by atoms with van der Waals surface area (Å²) in [6.07, 6.45) is 4.82. The highest BCUT2D eigenvalue weighted by Crippen LogP contribution is 2.33. The maximum Gasteiger partial charge on any atom is 0.255 e. The van der Waals surface area contributed by atoms with Crippen LogP contribution >= 0.6 is 11.3 Å². The second-order valence-corrected chi connectivity index (χ2v) is 6.17. The van der Waals surface area contributed by atoms with E-state index in [1.165, 1.54) is 0 Å². The third-order valence-electron chi connectivity index (χ3n) is 3.95. The summed E-state index contributed by atoms with van der Waals surface area (Å²) in [6, 6.07) is 5.75. The maximum absolute atomic E-state index is 12.2. The fraction of sp³-hybridized carbons (Fsp3) is 0.400. The van der Waals surface area contributed by atoms with Crippen molar-refractivity contribution < 1.29 is 9.90 Å². The third-order valence-corrected chi connectivity index (χ3v) is 4.90. The lowest BCUT2D eigenvalue weighted by molar-refractivity contribution is 0.0474. The monoisotopic (exact) mass is 290 g/mol. The lowest BCUT2D eigenvalue weighted by atomic mass is 9.90. The van der Waals surface area contributed by atoms with Crippen LogP contribution in [0.1, 0.15) is 34.2 Å². The number of thiophene rings is 1. The Labute approximate surface area is 122 Å². The van der Waals surface area contributed by atoms with Crippen LogP contribution in [0, 0.1) is 5.92 Å². The van der Waals surface area contributed by atoms with Crippen LogP contribution in [0.5, 0.6) is 0 Å². The number of nitrogens with one attached hydrogen (secondary N) is 1. The molecule has 3 heterocycles. The summed E-state index contributed by atoms with van der Waals surface area (Å²) in [6.45, 7) is 1.44. The van der Waals surface area contributed by atoms with Crippen molar-refractivity contribution in [1.82, 2.24) is 9.88 Å². The molecular formula is C15H18N2O2S. The molecular weight excluding hydrogens is 272 g/mol. The predicted molar refractivity (Wildman–Crippen MR) is 78.7 cm³/mol. The smallest absolute Gasteiger partial charge is 0.255 e. The summed E-state index contributed by atoms with van der Waals surface area (Å²) in [7, 11) is 0. The number of carbonyl (C=O) groups is 1. The van der Waals surface area contributed by atoms with Gasteiger partial charge in [0.25, 0.3) is 5.91 Å². The molecule has 20 heavy (non-hydrogen) atoms. The summed E-state index contributed by atoms with van der Waals surface area (Å²) >= 11 is 1.60. The molecule has 2 aromatic heterocycles. The van der Waals surface area contributed by atoms with E-state index in [1.54, 1.807) is 29.8 Å². The Kier molecular flexibility index (Phi) is 3.89. The van der Waals surface area contributed by atoms with Gasteiger partial charge in [-0.1, -0.05) is 6.07 Å². The summed E-state index contributed by atoms with van der Waals surface area (Å²) in [4.78, 5) is 18.0. The summed E-state index contributed by atoms with van der Waals surface area (Å²) in [5.74, 6) is 0.333. The topological polar surface area (TPSA) is 56.3 Å². The normalized spacial score (nSPS) is 18.1. The van der Waals surface area contributed by atoms with Crippen molar-refractivity contribution in [3.05, 3.63) is 46.4 Å². The standard InChI is InChI=1S/C15H18N2O2S/c18-14(13-2-1-9-20-13)11-4-7-17(8-5-11)15(19)12-3-6-16-10-12/h1-3,6,9-11,14,16,18H,4-5,7-8H2. The highest BCUT2D eigenvalue weighted by molar-refractivity contribution is 7.10. The fourth-order valence-electron chi connectivity index (χ4n) is 2.75. The van der Waals surface area contributed by atoms with Crippen LogP contribution in [0.2, 0.25) is 0 Å². The van der Waals surface area contributed by atoms with E-state index in [9.17, 15) is 9.90 Å². The van der Waals surface area contributed by atoms with E-state index in [0.29, 0.717) is 5.56 Å². The zero-order chi connectivity index (χ0) is 13.9. The molecule has 1 saturated heterocycles. The minimum absolute atomic E-state index is 0.0790. The highest BCUT2D eigenvalue weighted by Gasteiger charge is 2.29. The number of rotatable bonds is 3. The van der Waals surface area contributed by atoms with Crippen LogP contribution in [0.3, 0.4) is 0 Å². The Bertz CT molecular complexity index is 542. The van der Waals surface area contributed by atoms with E-state index < -0.39 is 0 Å². The van der Waals surface area contributed by atoms with Gasteiger partial charge in [0.2, 0.25) is 0 Å². The van der Waals surface area contributed by atoms with Gasteiger partial charge in [-0.25, -0.2) is 0 Å². The van der Waals surface area contributed by atoms with Gasteiger partial charge in [0.1, 0.15) is 0 Å². The van der Waals surface area contributed by atoms with Gasteiger partial charge in [-0.3, -0.25) is 4.79 Å². The van der Waals surface area contributed by atoms with Gasteiger partial charge in [-0.05, 0) is 36.3 Å². The van der Waals surface area contributed by atoms with Gasteiger partial charge in [-0.15, -0.1) is 11.3 Å². The van der Waals surface area contributed by atoms with Gasteiger partial charge < -0.3 is 15.0 Å². The lowest BCUT2D eigenvalue weighted by Gasteiger charge is -2.33. The number of H-pyrrole nitrogens is 1. The van der Waals surface area contributed by atoms with Crippen molar-refractivity contribution in [3.63, 3.8) is 0 Å². The molecule has 2 aromatic rings. The van der Waals surface area contributed by atoms with Gasteiger partial charge in [0, 0.05) is 30.4 Å². The van der Waals surface area contributed by atoms with E-state index in [4.69, 9.17) is 0 Å². The second-order valence-electron chi connectivity index (χ2n) is 5.19. The lowest BCUT2D eigenvalue weighted by Crippen LogP contribution is -2.39. The van der Waals surface area contributed by atoms with Gasteiger partial charge >= 0.3 is 0 Å². The molecule has 106 valence electrons. The minimum Gasteiger partial charge on any atom is -0.387 e. The number of aromatic amines is 1. The molecule has 0 aliphatic carbocycles. The summed E-state index contributed by atoms with van der Waals surface area (Å²) in [5, 5.41) is 12.3. The first-order valence-electron chi connectivity index (χ1n) is 6.89. The van der Waals surface area contributed by atoms with E-state index in [0.717, 1.165) is 30.8 Å². The molecule has 5 heteroatoms. The van der Waals surface area contributed by atoms with E-state index in [-0.39, 0.29) is 17.9 Å². The van der Waals surface area contributed by atoms with Crippen molar-refractivity contribution in [2.24, 2.45) is 5.92 Å². The average Bonchev–Trinajstić information content (AvgIpc) is 3.18. The number of aromatic nitrogens is 1. The van der Waals surface area contributed by atoms with Crippen LogP contribution in [-0.2, 0) is 0 Å². The van der Waals surface area contributed by atoms with Crippen LogP contribution < -0.4 is 0 Å². The molecule has 0 aromatic carbocycles. The first kappa shape index (κ1) is 13.4. The predicted octanol–water partition coefficient (Wildman–Crippen LogP) is 2.66. The van der Waals surface area contributed by atoms with Crippen LogP contribution in [-0.4, -0.2) is 34.0 Å². The minimum atomic E-state index is -0.389. The van der Waals surface area contributed by atoms with Crippen LogP contribution in [0.25, 0.3) is 0 Å². The number of aliphatic hydroxyl groups excluding tert-OH is 1. The number of likely N-dealkylation sites (tertiary alicyclic amines) is 1. The summed E-state index contributed by atoms with van der Waals surface area (Å²) in [5.41, 5.74) is 0.710. The molecule has 0 spiro atoms.